The van der Waals surface area contributed by atoms with Gasteiger partial charge in [-0.2, -0.15) is 10.1 Å². The molecule has 2 aromatic rings. The van der Waals surface area contributed by atoms with E-state index >= 15 is 0 Å². The molecule has 1 saturated heterocycles. The van der Waals surface area contributed by atoms with Crippen molar-refractivity contribution < 1.29 is 14.1 Å². The first-order chi connectivity index (χ1) is 11.7. The zero-order valence-corrected chi connectivity index (χ0v) is 13.7. The fourth-order valence-electron chi connectivity index (χ4n) is 2.54. The molecule has 0 aromatic carbocycles. The quantitative estimate of drug-likeness (QED) is 0.821. The summed E-state index contributed by atoms with van der Waals surface area (Å²) in [6, 6.07) is 1.71. The van der Waals surface area contributed by atoms with E-state index in [9.17, 15) is 4.79 Å². The normalized spacial score (nSPS) is 17.1. The molecule has 24 heavy (non-hydrogen) atoms. The van der Waals surface area contributed by atoms with E-state index in [-0.39, 0.29) is 18.7 Å². The lowest BCUT2D eigenvalue weighted by atomic mass is 10.2. The number of carbonyl (C=O) groups excluding carboxylic acids is 1. The van der Waals surface area contributed by atoms with Crippen molar-refractivity contribution in [2.45, 2.75) is 38.5 Å². The Hall–Kier alpha value is -2.42. The summed E-state index contributed by atoms with van der Waals surface area (Å²) in [6.45, 7) is 2.38. The number of hydrogen-bond acceptors (Lipinski definition) is 6. The molecule has 3 heterocycles. The lowest BCUT2D eigenvalue weighted by Crippen LogP contribution is -2.37. The van der Waals surface area contributed by atoms with Gasteiger partial charge in [-0.1, -0.05) is 5.16 Å². The van der Waals surface area contributed by atoms with Gasteiger partial charge < -0.3 is 19.5 Å². The van der Waals surface area contributed by atoms with Crippen molar-refractivity contribution in [1.82, 2.24) is 30.1 Å². The van der Waals surface area contributed by atoms with Crippen LogP contribution in [0.5, 0.6) is 0 Å². The van der Waals surface area contributed by atoms with Crippen molar-refractivity contribution in [3.8, 4) is 0 Å². The molecule has 0 unspecified atom stereocenters. The van der Waals surface area contributed by atoms with Gasteiger partial charge in [-0.3, -0.25) is 4.68 Å². The maximum atomic E-state index is 12.1. The number of ether oxygens (including phenoxy) is 1. The second kappa shape index (κ2) is 7.91. The molecule has 1 aliphatic rings. The zero-order valence-electron chi connectivity index (χ0n) is 13.7. The monoisotopic (exact) mass is 334 g/mol. The van der Waals surface area contributed by atoms with Gasteiger partial charge in [0.05, 0.1) is 6.54 Å². The molecule has 0 radical (unpaired) electrons. The Morgan fingerprint density at radius 1 is 1.54 bits per heavy atom. The van der Waals surface area contributed by atoms with Gasteiger partial charge in [0.2, 0.25) is 0 Å². The van der Waals surface area contributed by atoms with Crippen LogP contribution in [0.1, 0.15) is 37.1 Å². The van der Waals surface area contributed by atoms with Crippen LogP contribution in [0.2, 0.25) is 0 Å². The van der Waals surface area contributed by atoms with Crippen LogP contribution in [0.4, 0.5) is 4.79 Å². The maximum absolute atomic E-state index is 12.1. The highest BCUT2D eigenvalue weighted by Gasteiger charge is 2.23. The molecule has 0 aliphatic carbocycles. The van der Waals surface area contributed by atoms with Gasteiger partial charge >= 0.3 is 6.03 Å². The molecule has 9 heteroatoms. The Balaban J connectivity index is 1.38. The van der Waals surface area contributed by atoms with Gasteiger partial charge in [0.25, 0.3) is 5.89 Å². The van der Waals surface area contributed by atoms with E-state index in [1.165, 1.54) is 0 Å². The number of aromatic nitrogens is 4. The van der Waals surface area contributed by atoms with E-state index in [0.29, 0.717) is 18.3 Å². The Kier molecular flexibility index (Phi) is 5.42. The number of urea groups is 1. The largest absolute Gasteiger partial charge is 0.368 e. The van der Waals surface area contributed by atoms with Crippen molar-refractivity contribution >= 4 is 6.03 Å². The molecule has 1 atom stereocenters. The van der Waals surface area contributed by atoms with Gasteiger partial charge in [0.15, 0.2) is 5.82 Å². The third-order valence-corrected chi connectivity index (χ3v) is 3.87. The van der Waals surface area contributed by atoms with Crippen LogP contribution in [0.3, 0.4) is 0 Å². The summed E-state index contributed by atoms with van der Waals surface area (Å²) in [5, 5.41) is 10.8. The summed E-state index contributed by atoms with van der Waals surface area (Å²) in [5.74, 6) is 0.947. The SMILES string of the molecule is CN(CCCn1cccn1)C(=O)NCc1noc([C@H]2CCCO2)n1. The third kappa shape index (κ3) is 4.31. The number of aryl methyl sites for hydroxylation is 1. The summed E-state index contributed by atoms with van der Waals surface area (Å²) in [4.78, 5) is 18.0. The van der Waals surface area contributed by atoms with Gasteiger partial charge in [-0.15, -0.1) is 0 Å². The standard InChI is InChI=1S/C15H22N6O3/c1-20(7-4-9-21-8-3-6-17-21)15(22)16-11-13-18-14(24-19-13)12-5-2-10-23-12/h3,6,8,12H,2,4-5,7,9-11H2,1H3,(H,16,22)/t12-/m1/s1. The maximum Gasteiger partial charge on any atom is 0.317 e. The molecule has 1 aliphatic heterocycles. The lowest BCUT2D eigenvalue weighted by Gasteiger charge is -2.17. The molecule has 2 aromatic heterocycles. The van der Waals surface area contributed by atoms with Crippen molar-refractivity contribution in [1.29, 1.82) is 0 Å². The minimum absolute atomic E-state index is 0.105. The average Bonchev–Trinajstić information content (AvgIpc) is 3.33. The lowest BCUT2D eigenvalue weighted by molar-refractivity contribution is 0.0835. The predicted octanol–water partition coefficient (Wildman–Crippen LogP) is 1.35. The second-order valence-electron chi connectivity index (χ2n) is 5.75. The third-order valence-electron chi connectivity index (χ3n) is 3.87. The highest BCUT2D eigenvalue weighted by Crippen LogP contribution is 2.26. The predicted molar refractivity (Wildman–Crippen MR) is 83.9 cm³/mol. The Morgan fingerprint density at radius 2 is 2.46 bits per heavy atom. The number of carbonyl (C=O) groups is 1. The van der Waals surface area contributed by atoms with E-state index in [1.807, 2.05) is 16.9 Å². The van der Waals surface area contributed by atoms with Crippen molar-refractivity contribution in [3.63, 3.8) is 0 Å². The van der Waals surface area contributed by atoms with E-state index in [2.05, 4.69) is 20.6 Å². The van der Waals surface area contributed by atoms with E-state index < -0.39 is 0 Å². The highest BCUT2D eigenvalue weighted by molar-refractivity contribution is 5.73. The molecule has 2 amide bonds. The van der Waals surface area contributed by atoms with Crippen LogP contribution in [-0.2, 0) is 17.8 Å². The average molecular weight is 334 g/mol. The molecule has 0 bridgehead atoms. The molecule has 1 N–H and O–H groups in total. The fourth-order valence-corrected chi connectivity index (χ4v) is 2.54. The summed E-state index contributed by atoms with van der Waals surface area (Å²) in [5.41, 5.74) is 0. The zero-order chi connectivity index (χ0) is 16.8. The highest BCUT2D eigenvalue weighted by atomic mass is 16.5. The van der Waals surface area contributed by atoms with E-state index in [1.54, 1.807) is 18.1 Å². The first kappa shape index (κ1) is 16.4. The van der Waals surface area contributed by atoms with Gasteiger partial charge in [0, 0.05) is 39.1 Å². The molecule has 130 valence electrons. The number of nitrogens with zero attached hydrogens (tertiary/aromatic N) is 5. The van der Waals surface area contributed by atoms with Crippen molar-refractivity contribution in [2.24, 2.45) is 0 Å². The van der Waals surface area contributed by atoms with Gasteiger partial charge in [0.1, 0.15) is 6.10 Å². The van der Waals surface area contributed by atoms with Crippen LogP contribution >= 0.6 is 0 Å². The van der Waals surface area contributed by atoms with Crippen LogP contribution in [-0.4, -0.2) is 51.1 Å². The van der Waals surface area contributed by atoms with Crippen molar-refractivity contribution in [2.75, 3.05) is 20.2 Å². The van der Waals surface area contributed by atoms with Crippen LogP contribution in [0.15, 0.2) is 23.0 Å². The van der Waals surface area contributed by atoms with Crippen molar-refractivity contribution in [3.05, 3.63) is 30.2 Å². The van der Waals surface area contributed by atoms with Crippen LogP contribution < -0.4 is 5.32 Å². The smallest absolute Gasteiger partial charge is 0.317 e. The fraction of sp³-hybridized carbons (Fsp3) is 0.600. The second-order valence-corrected chi connectivity index (χ2v) is 5.75. The van der Waals surface area contributed by atoms with Crippen LogP contribution in [0, 0.1) is 0 Å². The molecular weight excluding hydrogens is 312 g/mol. The number of nitrogens with one attached hydrogen (secondary N) is 1. The van der Waals surface area contributed by atoms with E-state index in [4.69, 9.17) is 9.26 Å². The minimum atomic E-state index is -0.168. The van der Waals surface area contributed by atoms with E-state index in [0.717, 1.165) is 32.4 Å². The molecule has 9 nitrogen and oxygen atoms in total. The molecular formula is C15H22N6O3. The van der Waals surface area contributed by atoms with Crippen LogP contribution in [0.25, 0.3) is 0 Å². The van der Waals surface area contributed by atoms with Gasteiger partial charge in [-0.25, -0.2) is 4.79 Å². The Labute approximate surface area is 140 Å². The summed E-state index contributed by atoms with van der Waals surface area (Å²) in [7, 11) is 1.76. The molecule has 1 fully saturated rings. The number of hydrogen-bond donors (Lipinski definition) is 1. The van der Waals surface area contributed by atoms with Gasteiger partial charge in [-0.05, 0) is 25.3 Å². The number of amides is 2. The molecule has 0 saturated carbocycles. The first-order valence-electron chi connectivity index (χ1n) is 8.13. The minimum Gasteiger partial charge on any atom is -0.368 e. The first-order valence-corrected chi connectivity index (χ1v) is 8.13. The Morgan fingerprint density at radius 3 is 3.21 bits per heavy atom. The molecule has 3 rings (SSSR count). The Bertz CT molecular complexity index is 635. The topological polar surface area (TPSA) is 98.3 Å². The summed E-state index contributed by atoms with van der Waals surface area (Å²) in [6.07, 6.45) is 6.27. The summed E-state index contributed by atoms with van der Waals surface area (Å²) >= 11 is 0. The molecule has 0 spiro atoms. The number of rotatable bonds is 7. The summed E-state index contributed by atoms with van der Waals surface area (Å²) < 4.78 is 12.5.